The third kappa shape index (κ3) is 2.55. The summed E-state index contributed by atoms with van der Waals surface area (Å²) in [5.41, 5.74) is 0.369. The molecule has 0 radical (unpaired) electrons. The summed E-state index contributed by atoms with van der Waals surface area (Å²) in [6, 6.07) is 3.05. The summed E-state index contributed by atoms with van der Waals surface area (Å²) in [7, 11) is 2.94. The van der Waals surface area contributed by atoms with Gasteiger partial charge in [0.15, 0.2) is 5.78 Å². The van der Waals surface area contributed by atoms with Crippen LogP contribution in [0.4, 0.5) is 0 Å². The molecule has 0 saturated carbocycles. The second-order valence-electron chi connectivity index (χ2n) is 2.74. The number of carbonyl (C=O) groups excluding carboxylic acids is 1. The van der Waals surface area contributed by atoms with E-state index in [0.717, 1.165) is 0 Å². The van der Waals surface area contributed by atoms with E-state index >= 15 is 0 Å². The topological polar surface area (TPSA) is 35.5 Å². The van der Waals surface area contributed by atoms with E-state index < -0.39 is 0 Å². The highest BCUT2D eigenvalue weighted by Crippen LogP contribution is 2.32. The number of ether oxygens (including phenoxy) is 2. The van der Waals surface area contributed by atoms with Gasteiger partial charge in [-0.2, -0.15) is 0 Å². The molecular weight excluding hydrogens is 239 g/mol. The van der Waals surface area contributed by atoms with E-state index in [1.54, 1.807) is 0 Å². The van der Waals surface area contributed by atoms with Crippen molar-refractivity contribution in [1.82, 2.24) is 0 Å². The molecule has 0 atom stereocenters. The fraction of sp³-hybridized carbons (Fsp3) is 0.300. The molecule has 0 unspecified atom stereocenters. The summed E-state index contributed by atoms with van der Waals surface area (Å²) in [4.78, 5) is 11.5. The van der Waals surface area contributed by atoms with E-state index in [1.807, 2.05) is 0 Å². The van der Waals surface area contributed by atoms with Crippen LogP contribution in [0.3, 0.4) is 0 Å². The maximum atomic E-state index is 11.5. The van der Waals surface area contributed by atoms with Crippen LogP contribution < -0.4 is 9.47 Å². The van der Waals surface area contributed by atoms with Crippen molar-refractivity contribution in [1.29, 1.82) is 0 Å². The lowest BCUT2D eigenvalue weighted by Crippen LogP contribution is -2.04. The first kappa shape index (κ1) is 12.1. The van der Waals surface area contributed by atoms with Crippen LogP contribution in [-0.2, 0) is 0 Å². The molecule has 0 saturated heterocycles. The van der Waals surface area contributed by atoms with E-state index in [-0.39, 0.29) is 11.7 Å². The molecule has 1 aromatic rings. The molecule has 3 nitrogen and oxygen atoms in total. The van der Waals surface area contributed by atoms with Crippen LogP contribution in [0.15, 0.2) is 12.1 Å². The standard InChI is InChI=1S/C10H10Cl2O3/c1-14-9-4-7(12)10(15-2)3-6(9)8(13)5-11/h3-4H,5H2,1-2H3. The number of hydrogen-bond acceptors (Lipinski definition) is 3. The van der Waals surface area contributed by atoms with Gasteiger partial charge in [0, 0.05) is 6.07 Å². The number of hydrogen-bond donors (Lipinski definition) is 0. The molecule has 5 heteroatoms. The van der Waals surface area contributed by atoms with E-state index in [4.69, 9.17) is 32.7 Å². The highest BCUT2D eigenvalue weighted by atomic mass is 35.5. The first-order chi connectivity index (χ1) is 7.13. The first-order valence-electron chi connectivity index (χ1n) is 4.14. The SMILES string of the molecule is COc1cc(C(=O)CCl)c(OC)cc1Cl. The summed E-state index contributed by atoms with van der Waals surface area (Å²) in [6.07, 6.45) is 0. The number of alkyl halides is 1. The van der Waals surface area contributed by atoms with Crippen LogP contribution >= 0.6 is 23.2 Å². The molecule has 0 aliphatic carbocycles. The monoisotopic (exact) mass is 248 g/mol. The zero-order valence-corrected chi connectivity index (χ0v) is 9.85. The molecule has 0 N–H and O–H groups in total. The number of halogens is 2. The largest absolute Gasteiger partial charge is 0.496 e. The second kappa shape index (κ2) is 5.24. The Labute approximate surface area is 97.9 Å². The molecule has 0 bridgehead atoms. The van der Waals surface area contributed by atoms with Gasteiger partial charge in [-0.05, 0) is 6.07 Å². The van der Waals surface area contributed by atoms with E-state index in [1.165, 1.54) is 26.4 Å². The normalized spacial score (nSPS) is 9.87. The molecule has 0 amide bonds. The molecule has 0 fully saturated rings. The molecule has 82 valence electrons. The smallest absolute Gasteiger partial charge is 0.181 e. The first-order valence-corrected chi connectivity index (χ1v) is 5.06. The number of carbonyl (C=O) groups is 1. The van der Waals surface area contributed by atoms with Crippen molar-refractivity contribution in [3.63, 3.8) is 0 Å². The Morgan fingerprint density at radius 3 is 2.33 bits per heavy atom. The fourth-order valence-electron chi connectivity index (χ4n) is 1.15. The van der Waals surface area contributed by atoms with Crippen LogP contribution in [0.2, 0.25) is 5.02 Å². The average molecular weight is 249 g/mol. The molecule has 15 heavy (non-hydrogen) atoms. The molecule has 1 rings (SSSR count). The Kier molecular flexibility index (Phi) is 4.24. The van der Waals surface area contributed by atoms with Crippen molar-refractivity contribution in [3.05, 3.63) is 22.7 Å². The van der Waals surface area contributed by atoms with Crippen LogP contribution in [0.1, 0.15) is 10.4 Å². The number of methoxy groups -OCH3 is 2. The third-order valence-corrected chi connectivity index (χ3v) is 2.43. The average Bonchev–Trinajstić information content (AvgIpc) is 2.27. The summed E-state index contributed by atoms with van der Waals surface area (Å²) in [5, 5.41) is 0.389. The Balaban J connectivity index is 3.28. The quantitative estimate of drug-likeness (QED) is 0.608. The molecular formula is C10H10Cl2O3. The van der Waals surface area contributed by atoms with Crippen molar-refractivity contribution < 1.29 is 14.3 Å². The number of rotatable bonds is 4. The predicted octanol–water partition coefficient (Wildman–Crippen LogP) is 2.78. The minimum Gasteiger partial charge on any atom is -0.496 e. The van der Waals surface area contributed by atoms with Gasteiger partial charge >= 0.3 is 0 Å². The molecule has 0 spiro atoms. The number of Topliss-reactive ketones (excluding diaryl/α,β-unsaturated/α-hetero) is 1. The maximum Gasteiger partial charge on any atom is 0.181 e. The van der Waals surface area contributed by atoms with Gasteiger partial charge < -0.3 is 9.47 Å². The highest BCUT2D eigenvalue weighted by molar-refractivity contribution is 6.33. The molecule has 0 aliphatic rings. The maximum absolute atomic E-state index is 11.5. The fourth-order valence-corrected chi connectivity index (χ4v) is 1.53. The predicted molar refractivity (Wildman–Crippen MR) is 59.6 cm³/mol. The van der Waals surface area contributed by atoms with Crippen molar-refractivity contribution in [2.45, 2.75) is 0 Å². The van der Waals surface area contributed by atoms with Gasteiger partial charge in [0.25, 0.3) is 0 Å². The Bertz CT molecular complexity index is 377. The summed E-state index contributed by atoms with van der Waals surface area (Å²) in [6.45, 7) is 0. The van der Waals surface area contributed by atoms with E-state index in [2.05, 4.69) is 0 Å². The van der Waals surface area contributed by atoms with Crippen LogP contribution in [0.25, 0.3) is 0 Å². The van der Waals surface area contributed by atoms with E-state index in [9.17, 15) is 4.79 Å². The van der Waals surface area contributed by atoms with Gasteiger partial charge in [0.2, 0.25) is 0 Å². The van der Waals surface area contributed by atoms with Crippen LogP contribution in [-0.4, -0.2) is 25.9 Å². The van der Waals surface area contributed by atoms with Gasteiger partial charge in [-0.15, -0.1) is 11.6 Å². The molecule has 1 aromatic carbocycles. The molecule has 0 aromatic heterocycles. The van der Waals surface area contributed by atoms with E-state index in [0.29, 0.717) is 22.1 Å². The van der Waals surface area contributed by atoms with Crippen molar-refractivity contribution in [3.8, 4) is 11.5 Å². The molecule has 0 heterocycles. The van der Waals surface area contributed by atoms with Crippen molar-refractivity contribution in [2.24, 2.45) is 0 Å². The van der Waals surface area contributed by atoms with Crippen molar-refractivity contribution >= 4 is 29.0 Å². The summed E-state index contributed by atoms with van der Waals surface area (Å²) < 4.78 is 10.0. The Morgan fingerprint density at radius 1 is 1.27 bits per heavy atom. The van der Waals surface area contributed by atoms with Gasteiger partial charge in [0.05, 0.1) is 30.7 Å². The Morgan fingerprint density at radius 2 is 1.87 bits per heavy atom. The molecule has 0 aliphatic heterocycles. The number of ketones is 1. The Hall–Kier alpha value is -0.930. The van der Waals surface area contributed by atoms with Gasteiger partial charge in [-0.3, -0.25) is 4.79 Å². The zero-order chi connectivity index (χ0) is 11.4. The summed E-state index contributed by atoms with van der Waals surface area (Å²) in [5.74, 6) is 0.474. The zero-order valence-electron chi connectivity index (χ0n) is 8.34. The lowest BCUT2D eigenvalue weighted by Gasteiger charge is -2.10. The highest BCUT2D eigenvalue weighted by Gasteiger charge is 2.15. The van der Waals surface area contributed by atoms with Crippen molar-refractivity contribution in [2.75, 3.05) is 20.1 Å². The van der Waals surface area contributed by atoms with Gasteiger partial charge in [-0.25, -0.2) is 0 Å². The summed E-state index contributed by atoms with van der Waals surface area (Å²) >= 11 is 11.4. The van der Waals surface area contributed by atoms with Gasteiger partial charge in [0.1, 0.15) is 11.5 Å². The minimum absolute atomic E-state index is 0.110. The van der Waals surface area contributed by atoms with Crippen LogP contribution in [0.5, 0.6) is 11.5 Å². The minimum atomic E-state index is -0.233. The lowest BCUT2D eigenvalue weighted by atomic mass is 10.1. The lowest BCUT2D eigenvalue weighted by molar-refractivity contribution is 0.101. The second-order valence-corrected chi connectivity index (χ2v) is 3.42. The van der Waals surface area contributed by atoms with Crippen LogP contribution in [0, 0.1) is 0 Å². The number of benzene rings is 1. The third-order valence-electron chi connectivity index (χ3n) is 1.90. The van der Waals surface area contributed by atoms with Gasteiger partial charge in [-0.1, -0.05) is 11.6 Å².